The van der Waals surface area contributed by atoms with Crippen LogP contribution < -0.4 is 15.0 Å². The van der Waals surface area contributed by atoms with Crippen LogP contribution in [0.1, 0.15) is 117 Å². The van der Waals surface area contributed by atoms with Gasteiger partial charge < -0.3 is 14.4 Å². The molecule has 1 amide bonds. The Kier molecular flexibility index (Phi) is 14.7. The zero-order valence-corrected chi connectivity index (χ0v) is 29.2. The number of fused-ring (bicyclic) bond motifs is 1. The summed E-state index contributed by atoms with van der Waals surface area (Å²) in [6.45, 7) is 9.02. The van der Waals surface area contributed by atoms with Crippen LogP contribution in [0.4, 0.5) is 0 Å². The average molecular weight is 671 g/mol. The predicted molar refractivity (Wildman–Crippen MR) is 184 cm³/mol. The SMILES string of the molecule is CCCCCCCCCCCCCC(=O)N(CC(C)C)C(C)c1nc2ccccc2c(=O)n1-c1cc(OC)cc(OC)c1Br. The number of hydrogen-bond acceptors (Lipinski definition) is 5. The molecule has 3 aromatic rings. The van der Waals surface area contributed by atoms with E-state index in [0.29, 0.717) is 51.4 Å². The summed E-state index contributed by atoms with van der Waals surface area (Å²) in [5.41, 5.74) is 0.938. The second-order valence-corrected chi connectivity index (χ2v) is 13.0. The molecule has 0 fully saturated rings. The van der Waals surface area contributed by atoms with E-state index >= 15 is 0 Å². The first kappa shape index (κ1) is 35.6. The van der Waals surface area contributed by atoms with Crippen LogP contribution in [0.5, 0.6) is 11.5 Å². The number of para-hydroxylation sites is 1. The van der Waals surface area contributed by atoms with Gasteiger partial charge in [0.1, 0.15) is 17.3 Å². The molecule has 0 spiro atoms. The van der Waals surface area contributed by atoms with Crippen LogP contribution in [0.15, 0.2) is 45.7 Å². The van der Waals surface area contributed by atoms with Crippen molar-refractivity contribution < 1.29 is 14.3 Å². The number of ether oxygens (including phenoxy) is 2. The number of carbonyl (C=O) groups is 1. The van der Waals surface area contributed by atoms with Crippen LogP contribution >= 0.6 is 15.9 Å². The fourth-order valence-corrected chi connectivity index (χ4v) is 6.31. The highest BCUT2D eigenvalue weighted by atomic mass is 79.9. The standard InChI is InChI=1S/C36H52BrN3O4/c1-7-8-9-10-11-12-13-14-15-16-17-22-33(41)39(25-26(2)3)27(4)35-38-30-21-19-18-20-29(30)36(42)40(35)31-23-28(43-5)24-32(44-6)34(31)37/h18-21,23-24,26-27H,7-17,22,25H2,1-6H3. The van der Waals surface area contributed by atoms with Crippen molar-refractivity contribution in [2.45, 2.75) is 111 Å². The molecule has 0 N–H and O–H groups in total. The van der Waals surface area contributed by atoms with Crippen molar-refractivity contribution in [2.24, 2.45) is 5.92 Å². The fraction of sp³-hybridized carbons (Fsp3) is 0.583. The minimum absolute atomic E-state index is 0.0957. The number of aromatic nitrogens is 2. The van der Waals surface area contributed by atoms with Crippen molar-refractivity contribution in [3.05, 3.63) is 57.0 Å². The normalized spacial score (nSPS) is 12.1. The van der Waals surface area contributed by atoms with E-state index in [4.69, 9.17) is 14.5 Å². The number of methoxy groups -OCH3 is 2. The van der Waals surface area contributed by atoms with Gasteiger partial charge in [-0.1, -0.05) is 97.1 Å². The lowest BCUT2D eigenvalue weighted by atomic mass is 10.0. The monoisotopic (exact) mass is 669 g/mol. The van der Waals surface area contributed by atoms with Crippen LogP contribution in [-0.4, -0.2) is 41.1 Å². The molecule has 44 heavy (non-hydrogen) atoms. The van der Waals surface area contributed by atoms with Gasteiger partial charge in [-0.3, -0.25) is 14.2 Å². The van der Waals surface area contributed by atoms with Crippen LogP contribution in [0, 0.1) is 5.92 Å². The number of rotatable bonds is 19. The maximum Gasteiger partial charge on any atom is 0.266 e. The quantitative estimate of drug-likeness (QED) is 0.119. The van der Waals surface area contributed by atoms with E-state index < -0.39 is 6.04 Å². The van der Waals surface area contributed by atoms with Crippen molar-refractivity contribution in [2.75, 3.05) is 20.8 Å². The Morgan fingerprint density at radius 2 is 1.52 bits per heavy atom. The van der Waals surface area contributed by atoms with E-state index in [0.717, 1.165) is 12.8 Å². The Bertz CT molecular complexity index is 1400. The molecule has 0 saturated heterocycles. The molecule has 3 rings (SSSR count). The zero-order chi connectivity index (χ0) is 32.1. The Morgan fingerprint density at radius 1 is 0.909 bits per heavy atom. The zero-order valence-electron chi connectivity index (χ0n) is 27.7. The summed E-state index contributed by atoms with van der Waals surface area (Å²) in [6, 6.07) is 10.4. The Labute approximate surface area is 272 Å². The molecule has 1 heterocycles. The molecule has 1 aromatic heterocycles. The number of hydrogen-bond donors (Lipinski definition) is 0. The summed E-state index contributed by atoms with van der Waals surface area (Å²) in [5, 5.41) is 0.500. The molecule has 242 valence electrons. The third kappa shape index (κ3) is 9.56. The topological polar surface area (TPSA) is 73.7 Å². The highest BCUT2D eigenvalue weighted by molar-refractivity contribution is 9.10. The van der Waals surface area contributed by atoms with E-state index in [9.17, 15) is 9.59 Å². The van der Waals surface area contributed by atoms with E-state index in [2.05, 4.69) is 36.7 Å². The third-order valence-electron chi connectivity index (χ3n) is 8.21. The highest BCUT2D eigenvalue weighted by Gasteiger charge is 2.28. The van der Waals surface area contributed by atoms with Crippen molar-refractivity contribution in [1.82, 2.24) is 14.5 Å². The lowest BCUT2D eigenvalue weighted by molar-refractivity contribution is -0.134. The second kappa shape index (κ2) is 18.2. The van der Waals surface area contributed by atoms with Crippen molar-refractivity contribution >= 4 is 32.7 Å². The highest BCUT2D eigenvalue weighted by Crippen LogP contribution is 2.37. The number of carbonyl (C=O) groups excluding carboxylic acids is 1. The van der Waals surface area contributed by atoms with Crippen molar-refractivity contribution in [3.8, 4) is 17.2 Å². The molecule has 2 aromatic carbocycles. The summed E-state index contributed by atoms with van der Waals surface area (Å²) in [7, 11) is 3.15. The van der Waals surface area contributed by atoms with Gasteiger partial charge in [0.05, 0.1) is 41.3 Å². The lowest BCUT2D eigenvalue weighted by Crippen LogP contribution is -2.39. The van der Waals surface area contributed by atoms with Gasteiger partial charge >= 0.3 is 0 Å². The summed E-state index contributed by atoms with van der Waals surface area (Å²) in [5.74, 6) is 1.92. The van der Waals surface area contributed by atoms with E-state index in [1.54, 1.807) is 37.0 Å². The molecular formula is C36H52BrN3O4. The number of amides is 1. The maximum atomic E-state index is 14.1. The molecule has 0 aliphatic carbocycles. The Morgan fingerprint density at radius 3 is 2.11 bits per heavy atom. The van der Waals surface area contributed by atoms with Gasteiger partial charge in [0.15, 0.2) is 0 Å². The maximum absolute atomic E-state index is 14.1. The minimum Gasteiger partial charge on any atom is -0.497 e. The minimum atomic E-state index is -0.445. The molecule has 1 unspecified atom stereocenters. The van der Waals surface area contributed by atoms with E-state index in [1.165, 1.54) is 57.8 Å². The van der Waals surface area contributed by atoms with Gasteiger partial charge in [0.2, 0.25) is 5.91 Å². The van der Waals surface area contributed by atoms with Crippen LogP contribution in [0.25, 0.3) is 16.6 Å². The van der Waals surface area contributed by atoms with Gasteiger partial charge in [-0.25, -0.2) is 4.98 Å². The first-order valence-electron chi connectivity index (χ1n) is 16.5. The van der Waals surface area contributed by atoms with E-state index in [1.807, 2.05) is 30.0 Å². The largest absolute Gasteiger partial charge is 0.497 e. The van der Waals surface area contributed by atoms with Crippen molar-refractivity contribution in [1.29, 1.82) is 0 Å². The Balaban J connectivity index is 1.85. The summed E-state index contributed by atoms with van der Waals surface area (Å²) >= 11 is 3.66. The van der Waals surface area contributed by atoms with Crippen LogP contribution in [0.2, 0.25) is 0 Å². The van der Waals surface area contributed by atoms with Gasteiger partial charge in [0, 0.05) is 25.1 Å². The fourth-order valence-electron chi connectivity index (χ4n) is 5.74. The summed E-state index contributed by atoms with van der Waals surface area (Å²) in [6.07, 6.45) is 14.1. The average Bonchev–Trinajstić information content (AvgIpc) is 3.02. The first-order chi connectivity index (χ1) is 21.2. The number of nitrogens with zero attached hydrogens (tertiary/aromatic N) is 3. The van der Waals surface area contributed by atoms with Crippen LogP contribution in [0.3, 0.4) is 0 Å². The molecule has 1 atom stereocenters. The molecule has 7 nitrogen and oxygen atoms in total. The number of halogens is 1. The van der Waals surface area contributed by atoms with Gasteiger partial charge in [0.25, 0.3) is 5.56 Å². The molecular weight excluding hydrogens is 618 g/mol. The smallest absolute Gasteiger partial charge is 0.266 e. The second-order valence-electron chi connectivity index (χ2n) is 12.2. The molecule has 0 radical (unpaired) electrons. The van der Waals surface area contributed by atoms with E-state index in [-0.39, 0.29) is 17.4 Å². The molecule has 0 saturated carbocycles. The molecule has 0 aliphatic heterocycles. The Hall–Kier alpha value is -2.87. The van der Waals surface area contributed by atoms with Gasteiger partial charge in [-0.05, 0) is 47.3 Å². The molecule has 8 heteroatoms. The molecule has 0 bridgehead atoms. The summed E-state index contributed by atoms with van der Waals surface area (Å²) in [4.78, 5) is 34.8. The third-order valence-corrected chi connectivity index (χ3v) is 9.01. The van der Waals surface area contributed by atoms with Gasteiger partial charge in [-0.2, -0.15) is 0 Å². The van der Waals surface area contributed by atoms with Gasteiger partial charge in [-0.15, -0.1) is 0 Å². The van der Waals surface area contributed by atoms with Crippen LogP contribution in [-0.2, 0) is 4.79 Å². The summed E-state index contributed by atoms with van der Waals surface area (Å²) < 4.78 is 13.3. The number of benzene rings is 2. The number of unbranched alkanes of at least 4 members (excludes halogenated alkanes) is 10. The predicted octanol–water partition coefficient (Wildman–Crippen LogP) is 9.41. The lowest BCUT2D eigenvalue weighted by Gasteiger charge is -2.32. The van der Waals surface area contributed by atoms with Crippen molar-refractivity contribution in [3.63, 3.8) is 0 Å². The first-order valence-corrected chi connectivity index (χ1v) is 17.3. The molecule has 0 aliphatic rings.